The van der Waals surface area contributed by atoms with Crippen LogP contribution in [0.4, 0.5) is 0 Å². The van der Waals surface area contributed by atoms with Crippen LogP contribution in [0.1, 0.15) is 6.92 Å². The first-order valence-electron chi connectivity index (χ1n) is 5.51. The number of ether oxygens (including phenoxy) is 3. The van der Waals surface area contributed by atoms with Crippen LogP contribution in [-0.2, 0) is 27.8 Å². The molecule has 0 saturated carbocycles. The van der Waals surface area contributed by atoms with E-state index < -0.39 is 31.6 Å². The number of hydrogen-bond acceptors (Lipinski definition) is 6. The monoisotopic (exact) mass is 278 g/mol. The first-order chi connectivity index (χ1) is 8.36. The molecule has 18 heavy (non-hydrogen) atoms. The van der Waals surface area contributed by atoms with E-state index in [1.165, 1.54) is 7.11 Å². The Balaban J connectivity index is 2.25. The largest absolute Gasteiger partial charge is 0.472 e. The van der Waals surface area contributed by atoms with Gasteiger partial charge in [-0.05, 0) is 6.92 Å². The minimum Gasteiger partial charge on any atom is -0.381 e. The summed E-state index contributed by atoms with van der Waals surface area (Å²) in [5, 5.41) is 0. The fourth-order valence-corrected chi connectivity index (χ4v) is 3.13. The van der Waals surface area contributed by atoms with Crippen molar-refractivity contribution in [3.63, 3.8) is 0 Å². The highest BCUT2D eigenvalue weighted by Gasteiger charge is 2.66. The third-order valence-corrected chi connectivity index (χ3v) is 4.31. The zero-order valence-corrected chi connectivity index (χ0v) is 11.3. The van der Waals surface area contributed by atoms with Crippen molar-refractivity contribution in [2.75, 3.05) is 20.8 Å². The van der Waals surface area contributed by atoms with Crippen molar-refractivity contribution in [3.05, 3.63) is 0 Å². The molecule has 0 amide bonds. The van der Waals surface area contributed by atoms with E-state index in [0.29, 0.717) is 0 Å². The second-order valence-corrected chi connectivity index (χ2v) is 5.90. The summed E-state index contributed by atoms with van der Waals surface area (Å²) < 4.78 is 37.4. The van der Waals surface area contributed by atoms with Crippen LogP contribution in [0.2, 0.25) is 0 Å². The van der Waals surface area contributed by atoms with Crippen molar-refractivity contribution >= 4 is 15.7 Å². The summed E-state index contributed by atoms with van der Waals surface area (Å²) in [6, 6.07) is -0.724. The van der Waals surface area contributed by atoms with Crippen molar-refractivity contribution in [2.45, 2.75) is 36.8 Å². The zero-order valence-electron chi connectivity index (χ0n) is 10.4. The molecule has 9 heteroatoms. The zero-order chi connectivity index (χ0) is 13.6. The van der Waals surface area contributed by atoms with Gasteiger partial charge in [-0.2, -0.15) is 0 Å². The highest BCUT2D eigenvalue weighted by Crippen LogP contribution is 2.53. The summed E-state index contributed by atoms with van der Waals surface area (Å²) in [6.07, 6.45) is -1.78. The molecule has 2 rings (SSSR count). The molecule has 2 saturated heterocycles. The minimum atomic E-state index is -4.15. The average molecular weight is 278 g/mol. The Morgan fingerprint density at radius 1 is 1.50 bits per heavy atom. The van der Waals surface area contributed by atoms with Gasteiger partial charge in [-0.3, -0.25) is 9.05 Å². The third kappa shape index (κ3) is 2.16. The van der Waals surface area contributed by atoms with Crippen molar-refractivity contribution < 1.29 is 32.7 Å². The number of methoxy groups -OCH3 is 1. The minimum absolute atomic E-state index is 0.146. The summed E-state index contributed by atoms with van der Waals surface area (Å²) in [4.78, 5) is 9.42. The molecule has 2 aliphatic heterocycles. The van der Waals surface area contributed by atoms with Crippen LogP contribution < -0.4 is 0 Å². The van der Waals surface area contributed by atoms with E-state index in [2.05, 4.69) is 4.52 Å². The van der Waals surface area contributed by atoms with E-state index in [0.717, 1.165) is 7.11 Å². The lowest BCUT2D eigenvalue weighted by Crippen LogP contribution is -2.50. The number of phosphoric ester groups is 1. The number of hydrogen-bond donors (Lipinski definition) is 1. The van der Waals surface area contributed by atoms with Gasteiger partial charge in [0.2, 0.25) is 0 Å². The molecule has 0 aromatic rings. The van der Waals surface area contributed by atoms with E-state index >= 15 is 0 Å². The van der Waals surface area contributed by atoms with Gasteiger partial charge in [-0.25, -0.2) is 4.57 Å². The number of rotatable bonds is 5. The Hall–Kier alpha value is 0.0549. The molecule has 0 spiro atoms. The van der Waals surface area contributed by atoms with Crippen LogP contribution in [-0.4, -0.2) is 63.5 Å². The molecule has 2 bridgehead atoms. The van der Waals surface area contributed by atoms with Gasteiger partial charge in [0.1, 0.15) is 25.7 Å². The quantitative estimate of drug-likeness (QED) is 0.551. The SMILES string of the molecule is [B][C@@H]1O[C@]2(COC)C(OP(=O)(O)OC)[C@@H]1O[C@H]2C. The van der Waals surface area contributed by atoms with Gasteiger partial charge in [-0.1, -0.05) is 0 Å². The maximum absolute atomic E-state index is 11.5. The molecule has 0 aromatic heterocycles. The fourth-order valence-electron chi connectivity index (χ4n) is 2.46. The molecule has 0 aromatic carbocycles. The summed E-state index contributed by atoms with van der Waals surface area (Å²) >= 11 is 0. The Morgan fingerprint density at radius 3 is 2.72 bits per heavy atom. The maximum atomic E-state index is 11.5. The molecule has 7 nitrogen and oxygen atoms in total. The van der Waals surface area contributed by atoms with Crippen LogP contribution in [0.15, 0.2) is 0 Å². The predicted octanol–water partition coefficient (Wildman–Crippen LogP) is -0.184. The molecule has 2 unspecified atom stereocenters. The number of fused-ring (bicyclic) bond motifs is 2. The Bertz CT molecular complexity index is 367. The van der Waals surface area contributed by atoms with Gasteiger partial charge in [0.15, 0.2) is 0 Å². The summed E-state index contributed by atoms with van der Waals surface area (Å²) in [7, 11) is 4.19. The second-order valence-electron chi connectivity index (χ2n) is 4.39. The van der Waals surface area contributed by atoms with Crippen LogP contribution in [0.5, 0.6) is 0 Å². The topological polar surface area (TPSA) is 83.5 Å². The summed E-state index contributed by atoms with van der Waals surface area (Å²) in [5.41, 5.74) is -0.990. The van der Waals surface area contributed by atoms with E-state index in [1.54, 1.807) is 6.92 Å². The molecule has 2 aliphatic rings. The van der Waals surface area contributed by atoms with Crippen LogP contribution in [0.3, 0.4) is 0 Å². The molecule has 2 heterocycles. The van der Waals surface area contributed by atoms with Gasteiger partial charge in [-0.15, -0.1) is 0 Å². The fraction of sp³-hybridized carbons (Fsp3) is 1.00. The van der Waals surface area contributed by atoms with Crippen LogP contribution in [0.25, 0.3) is 0 Å². The average Bonchev–Trinajstić information content (AvgIpc) is 2.68. The Morgan fingerprint density at radius 2 is 2.17 bits per heavy atom. The smallest absolute Gasteiger partial charge is 0.381 e. The standard InChI is InChI=1S/C9H16BO7P/c1-5-9(4-13-2)7(17-18(11,12)14-3)6(15-5)8(10)16-9/h5-8H,4H2,1-3H3,(H,11,12)/t5-,6-,7?,8+,9-/m0/s1. The predicted molar refractivity (Wildman–Crippen MR) is 61.3 cm³/mol. The van der Waals surface area contributed by atoms with E-state index in [1.807, 2.05) is 0 Å². The van der Waals surface area contributed by atoms with E-state index in [4.69, 9.17) is 26.6 Å². The van der Waals surface area contributed by atoms with Crippen molar-refractivity contribution in [2.24, 2.45) is 0 Å². The van der Waals surface area contributed by atoms with E-state index in [-0.39, 0.29) is 12.7 Å². The first-order valence-corrected chi connectivity index (χ1v) is 7.00. The normalized spacial score (nSPS) is 46.2. The molecule has 1 N–H and O–H groups in total. The summed E-state index contributed by atoms with van der Waals surface area (Å²) in [6.45, 7) is 1.92. The van der Waals surface area contributed by atoms with Crippen molar-refractivity contribution in [3.8, 4) is 0 Å². The lowest BCUT2D eigenvalue weighted by Gasteiger charge is -2.35. The van der Waals surface area contributed by atoms with Gasteiger partial charge in [0.05, 0.1) is 12.7 Å². The molecule has 2 fully saturated rings. The van der Waals surface area contributed by atoms with Gasteiger partial charge in [0.25, 0.3) is 0 Å². The van der Waals surface area contributed by atoms with E-state index in [9.17, 15) is 9.46 Å². The van der Waals surface area contributed by atoms with Crippen molar-refractivity contribution in [1.29, 1.82) is 0 Å². The Labute approximate surface area is 107 Å². The number of phosphoric acid groups is 1. The molecule has 102 valence electrons. The lowest BCUT2D eigenvalue weighted by atomic mass is 9.91. The van der Waals surface area contributed by atoms with Crippen LogP contribution >= 0.6 is 7.82 Å². The highest BCUT2D eigenvalue weighted by atomic mass is 31.2. The molecular weight excluding hydrogens is 262 g/mol. The highest BCUT2D eigenvalue weighted by molar-refractivity contribution is 7.47. The molecule has 6 atom stereocenters. The molecule has 0 aliphatic carbocycles. The molecular formula is C9H16BO7P. The van der Waals surface area contributed by atoms with Gasteiger partial charge < -0.3 is 19.1 Å². The Kier molecular flexibility index (Phi) is 3.91. The van der Waals surface area contributed by atoms with Crippen molar-refractivity contribution in [1.82, 2.24) is 0 Å². The summed E-state index contributed by atoms with van der Waals surface area (Å²) in [5.74, 6) is 0. The van der Waals surface area contributed by atoms with Crippen LogP contribution in [0, 0.1) is 0 Å². The maximum Gasteiger partial charge on any atom is 0.472 e. The van der Waals surface area contributed by atoms with Gasteiger partial charge in [0, 0.05) is 20.2 Å². The molecule has 2 radical (unpaired) electrons. The van der Waals surface area contributed by atoms with Gasteiger partial charge >= 0.3 is 7.82 Å². The third-order valence-electron chi connectivity index (χ3n) is 3.36. The first kappa shape index (κ1) is 14.5. The lowest BCUT2D eigenvalue weighted by molar-refractivity contribution is -0.177. The second kappa shape index (κ2) is 4.87.